The number of carbonyl (C=O) groups is 1. The summed E-state index contributed by atoms with van der Waals surface area (Å²) in [4.78, 5) is 20.4. The summed E-state index contributed by atoms with van der Waals surface area (Å²) in [7, 11) is -3.08. The number of aliphatic imine (C=N–C) groups is 1. The first-order valence-corrected chi connectivity index (χ1v) is 11.5. The fourth-order valence-corrected chi connectivity index (χ4v) is 4.98. The highest BCUT2D eigenvalue weighted by Gasteiger charge is 2.40. The second kappa shape index (κ2) is 8.11. The minimum Gasteiger partial charge on any atom is -0.357 e. The van der Waals surface area contributed by atoms with Crippen molar-refractivity contribution in [2.75, 3.05) is 36.8 Å². The second-order valence-electron chi connectivity index (χ2n) is 7.99. The number of guanidine groups is 1. The minimum absolute atomic E-state index is 0.142. The maximum absolute atomic E-state index is 12.3. The van der Waals surface area contributed by atoms with E-state index in [0.717, 1.165) is 36.7 Å². The largest absolute Gasteiger partial charge is 0.357 e. The van der Waals surface area contributed by atoms with E-state index in [9.17, 15) is 13.2 Å². The van der Waals surface area contributed by atoms with Gasteiger partial charge in [0.25, 0.3) is 0 Å². The molecule has 154 valence electrons. The molecule has 3 rings (SSSR count). The third-order valence-electron chi connectivity index (χ3n) is 5.41. The quantitative estimate of drug-likeness (QED) is 0.609. The number of rotatable bonds is 4. The number of benzene rings is 1. The highest BCUT2D eigenvalue weighted by molar-refractivity contribution is 7.92. The van der Waals surface area contributed by atoms with E-state index in [4.69, 9.17) is 4.99 Å². The zero-order valence-electron chi connectivity index (χ0n) is 16.9. The summed E-state index contributed by atoms with van der Waals surface area (Å²) in [5.74, 6) is 1.07. The predicted molar refractivity (Wildman–Crippen MR) is 112 cm³/mol. The van der Waals surface area contributed by atoms with Crippen LogP contribution < -0.4 is 10.2 Å². The molecule has 2 saturated heterocycles. The van der Waals surface area contributed by atoms with Crippen LogP contribution in [0.3, 0.4) is 0 Å². The van der Waals surface area contributed by atoms with E-state index in [1.807, 2.05) is 41.0 Å². The van der Waals surface area contributed by atoms with Gasteiger partial charge in [-0.25, -0.2) is 13.4 Å². The molecule has 2 fully saturated rings. The number of amides is 1. The summed E-state index contributed by atoms with van der Waals surface area (Å²) >= 11 is 0. The van der Waals surface area contributed by atoms with Gasteiger partial charge >= 0.3 is 0 Å². The van der Waals surface area contributed by atoms with E-state index < -0.39 is 14.6 Å². The first-order valence-electron chi connectivity index (χ1n) is 9.88. The van der Waals surface area contributed by atoms with E-state index in [1.54, 1.807) is 13.8 Å². The Morgan fingerprint density at radius 2 is 1.93 bits per heavy atom. The summed E-state index contributed by atoms with van der Waals surface area (Å²) in [5.41, 5.74) is 1.99. The lowest BCUT2D eigenvalue weighted by molar-refractivity contribution is -0.117. The Balaban J connectivity index is 1.70. The van der Waals surface area contributed by atoms with Crippen molar-refractivity contribution < 1.29 is 13.2 Å². The Bertz CT molecular complexity index is 847. The molecular formula is C20H30N4O3S. The van der Waals surface area contributed by atoms with Crippen LogP contribution in [-0.2, 0) is 21.2 Å². The van der Waals surface area contributed by atoms with Crippen molar-refractivity contribution in [3.63, 3.8) is 0 Å². The van der Waals surface area contributed by atoms with Gasteiger partial charge in [0.05, 0.1) is 17.0 Å². The molecule has 0 unspecified atom stereocenters. The Labute approximate surface area is 167 Å². The standard InChI is InChI=1S/C20H30N4O3S/c1-4-21-19(23-12-13-28(26,27)20(2,3)15-23)22-14-16-7-9-17(10-8-16)24-11-5-6-18(24)25/h7-10H,4-6,11-15H2,1-3H3,(H,21,22). The average Bonchev–Trinajstić information content (AvgIpc) is 3.07. The number of anilines is 1. The van der Waals surface area contributed by atoms with Crippen LogP contribution in [-0.4, -0.2) is 61.9 Å². The van der Waals surface area contributed by atoms with Gasteiger partial charge in [-0.3, -0.25) is 4.79 Å². The molecule has 0 spiro atoms. The Kier molecular flexibility index (Phi) is 5.98. The van der Waals surface area contributed by atoms with Crippen molar-refractivity contribution in [3.05, 3.63) is 29.8 Å². The third-order valence-corrected chi connectivity index (χ3v) is 7.94. The lowest BCUT2D eigenvalue weighted by Crippen LogP contribution is -2.57. The van der Waals surface area contributed by atoms with Gasteiger partial charge in [-0.05, 0) is 44.9 Å². The molecule has 1 aromatic carbocycles. The molecule has 2 heterocycles. The number of nitrogens with zero attached hydrogens (tertiary/aromatic N) is 3. The van der Waals surface area contributed by atoms with Gasteiger partial charge in [0, 0.05) is 38.3 Å². The summed E-state index contributed by atoms with van der Waals surface area (Å²) in [6.07, 6.45) is 1.54. The highest BCUT2D eigenvalue weighted by Crippen LogP contribution is 2.24. The zero-order valence-corrected chi connectivity index (χ0v) is 17.8. The van der Waals surface area contributed by atoms with Gasteiger partial charge in [-0.15, -0.1) is 0 Å². The molecule has 0 saturated carbocycles. The summed E-state index contributed by atoms with van der Waals surface area (Å²) in [6.45, 7) is 8.44. The zero-order chi connectivity index (χ0) is 20.4. The number of hydrogen-bond acceptors (Lipinski definition) is 4. The van der Waals surface area contributed by atoms with E-state index in [0.29, 0.717) is 26.1 Å². The number of sulfone groups is 1. The van der Waals surface area contributed by atoms with E-state index >= 15 is 0 Å². The summed E-state index contributed by atoms with van der Waals surface area (Å²) in [5, 5.41) is 3.28. The van der Waals surface area contributed by atoms with E-state index in [-0.39, 0.29) is 11.7 Å². The maximum Gasteiger partial charge on any atom is 0.227 e. The van der Waals surface area contributed by atoms with Crippen molar-refractivity contribution >= 4 is 27.4 Å². The summed E-state index contributed by atoms with van der Waals surface area (Å²) < 4.78 is 23.7. The normalized spacial score (nSPS) is 21.8. The Hall–Kier alpha value is -2.09. The second-order valence-corrected chi connectivity index (χ2v) is 10.7. The van der Waals surface area contributed by atoms with Crippen LogP contribution in [0, 0.1) is 0 Å². The predicted octanol–water partition coefficient (Wildman–Crippen LogP) is 1.79. The molecule has 8 heteroatoms. The molecule has 28 heavy (non-hydrogen) atoms. The monoisotopic (exact) mass is 406 g/mol. The molecular weight excluding hydrogens is 376 g/mol. The Morgan fingerprint density at radius 1 is 1.21 bits per heavy atom. The van der Waals surface area contributed by atoms with Gasteiger partial charge in [-0.1, -0.05) is 12.1 Å². The smallest absolute Gasteiger partial charge is 0.227 e. The first kappa shape index (κ1) is 20.6. The van der Waals surface area contributed by atoms with Gasteiger partial charge < -0.3 is 15.1 Å². The first-order chi connectivity index (χ1) is 13.2. The number of hydrogen-bond donors (Lipinski definition) is 1. The van der Waals surface area contributed by atoms with Crippen LogP contribution in [0.4, 0.5) is 5.69 Å². The summed E-state index contributed by atoms with van der Waals surface area (Å²) in [6, 6.07) is 7.94. The number of nitrogens with one attached hydrogen (secondary N) is 1. The third kappa shape index (κ3) is 4.32. The maximum atomic E-state index is 12.3. The molecule has 2 aliphatic heterocycles. The van der Waals surface area contributed by atoms with Crippen LogP contribution in [0.2, 0.25) is 0 Å². The fraction of sp³-hybridized carbons (Fsp3) is 0.600. The minimum atomic E-state index is -3.08. The van der Waals surface area contributed by atoms with E-state index in [1.165, 1.54) is 0 Å². The molecule has 0 bridgehead atoms. The van der Waals surface area contributed by atoms with Crippen molar-refractivity contribution in [2.45, 2.75) is 44.9 Å². The van der Waals surface area contributed by atoms with Crippen LogP contribution in [0.15, 0.2) is 29.3 Å². The molecule has 1 amide bonds. The molecule has 7 nitrogen and oxygen atoms in total. The topological polar surface area (TPSA) is 82.1 Å². The van der Waals surface area contributed by atoms with Crippen molar-refractivity contribution in [1.82, 2.24) is 10.2 Å². The van der Waals surface area contributed by atoms with Crippen molar-refractivity contribution in [1.29, 1.82) is 0 Å². The molecule has 2 aliphatic rings. The molecule has 0 aromatic heterocycles. The van der Waals surface area contributed by atoms with Gasteiger partial charge in [0.2, 0.25) is 5.91 Å². The van der Waals surface area contributed by atoms with Gasteiger partial charge in [0.15, 0.2) is 15.8 Å². The molecule has 0 atom stereocenters. The lowest BCUT2D eigenvalue weighted by Gasteiger charge is -2.39. The molecule has 0 radical (unpaired) electrons. The molecule has 1 aromatic rings. The Morgan fingerprint density at radius 3 is 2.50 bits per heavy atom. The van der Waals surface area contributed by atoms with Gasteiger partial charge in [-0.2, -0.15) is 0 Å². The van der Waals surface area contributed by atoms with Gasteiger partial charge in [0.1, 0.15) is 0 Å². The van der Waals surface area contributed by atoms with Crippen LogP contribution in [0.5, 0.6) is 0 Å². The van der Waals surface area contributed by atoms with Crippen molar-refractivity contribution in [2.24, 2.45) is 4.99 Å². The molecule has 0 aliphatic carbocycles. The lowest BCUT2D eigenvalue weighted by atomic mass is 10.2. The van der Waals surface area contributed by atoms with E-state index in [2.05, 4.69) is 5.32 Å². The average molecular weight is 407 g/mol. The highest BCUT2D eigenvalue weighted by atomic mass is 32.2. The van der Waals surface area contributed by atoms with Crippen LogP contribution >= 0.6 is 0 Å². The fourth-order valence-electron chi connectivity index (χ4n) is 3.62. The van der Waals surface area contributed by atoms with Crippen LogP contribution in [0.25, 0.3) is 0 Å². The number of carbonyl (C=O) groups excluding carboxylic acids is 1. The molecule has 1 N–H and O–H groups in total. The SMILES string of the molecule is CCNC(=NCc1ccc(N2CCCC2=O)cc1)N1CCS(=O)(=O)C(C)(C)C1. The van der Waals surface area contributed by atoms with Crippen molar-refractivity contribution in [3.8, 4) is 0 Å². The van der Waals surface area contributed by atoms with Crippen LogP contribution in [0.1, 0.15) is 39.2 Å².